The summed E-state index contributed by atoms with van der Waals surface area (Å²) in [6.07, 6.45) is 1.96. The van der Waals surface area contributed by atoms with E-state index < -0.39 is 12.1 Å². The summed E-state index contributed by atoms with van der Waals surface area (Å²) < 4.78 is 11.8. The summed E-state index contributed by atoms with van der Waals surface area (Å²) in [5.74, 6) is -1.08. The molecule has 1 heterocycles. The summed E-state index contributed by atoms with van der Waals surface area (Å²) in [7, 11) is 1.37. The van der Waals surface area contributed by atoms with E-state index in [4.69, 9.17) is 9.47 Å². The molecule has 0 saturated heterocycles. The first-order valence-electron chi connectivity index (χ1n) is 10.0. The lowest BCUT2D eigenvalue weighted by molar-refractivity contribution is -0.140. The standard InChI is InChI=1S/C22H27N3O5/c1-13-19(11-12-20(26)29-4)14(2)25(24-13)18-9-5-16(6-10-18)22(28)30-15(3)21(27)23-17-7-8-17/h5-6,9-10,15,17H,7-8,11-12H2,1-4H3,(H,23,27)/t15-/m0/s1. The largest absolute Gasteiger partial charge is 0.469 e. The average Bonchev–Trinajstić information content (AvgIpc) is 3.50. The van der Waals surface area contributed by atoms with Gasteiger partial charge in [-0.15, -0.1) is 0 Å². The molecule has 0 spiro atoms. The number of hydrogen-bond donors (Lipinski definition) is 1. The van der Waals surface area contributed by atoms with Crippen LogP contribution in [0.15, 0.2) is 24.3 Å². The quantitative estimate of drug-likeness (QED) is 0.667. The van der Waals surface area contributed by atoms with E-state index in [0.717, 1.165) is 35.5 Å². The van der Waals surface area contributed by atoms with Crippen molar-refractivity contribution < 1.29 is 23.9 Å². The third-order valence-corrected chi connectivity index (χ3v) is 5.17. The lowest BCUT2D eigenvalue weighted by atomic mass is 10.1. The van der Waals surface area contributed by atoms with Crippen molar-refractivity contribution in [2.24, 2.45) is 0 Å². The van der Waals surface area contributed by atoms with Crippen molar-refractivity contribution >= 4 is 17.8 Å². The van der Waals surface area contributed by atoms with E-state index in [1.54, 1.807) is 35.9 Å². The molecule has 8 heteroatoms. The number of nitrogens with one attached hydrogen (secondary N) is 1. The Morgan fingerprint density at radius 2 is 1.87 bits per heavy atom. The van der Waals surface area contributed by atoms with E-state index in [1.165, 1.54) is 7.11 Å². The molecule has 1 N–H and O–H groups in total. The molecule has 0 aliphatic heterocycles. The lowest BCUT2D eigenvalue weighted by Crippen LogP contribution is -2.37. The highest BCUT2D eigenvalue weighted by molar-refractivity contribution is 5.92. The van der Waals surface area contributed by atoms with E-state index >= 15 is 0 Å². The Morgan fingerprint density at radius 1 is 1.20 bits per heavy atom. The van der Waals surface area contributed by atoms with E-state index in [-0.39, 0.29) is 17.9 Å². The molecular weight excluding hydrogens is 386 g/mol. The molecule has 1 atom stereocenters. The van der Waals surface area contributed by atoms with Crippen LogP contribution in [0.5, 0.6) is 0 Å². The number of rotatable bonds is 8. The normalized spacial score (nSPS) is 14.1. The van der Waals surface area contributed by atoms with Crippen LogP contribution in [-0.4, -0.2) is 46.9 Å². The van der Waals surface area contributed by atoms with Gasteiger partial charge in [-0.1, -0.05) is 0 Å². The third kappa shape index (κ3) is 5.06. The van der Waals surface area contributed by atoms with Crippen LogP contribution in [0.1, 0.15) is 53.5 Å². The van der Waals surface area contributed by atoms with E-state index in [0.29, 0.717) is 18.4 Å². The number of nitrogens with zero attached hydrogens (tertiary/aromatic N) is 2. The molecule has 8 nitrogen and oxygen atoms in total. The van der Waals surface area contributed by atoms with Crippen LogP contribution in [0.25, 0.3) is 5.69 Å². The van der Waals surface area contributed by atoms with Crippen molar-refractivity contribution in [1.82, 2.24) is 15.1 Å². The van der Waals surface area contributed by atoms with Gasteiger partial charge in [0.15, 0.2) is 6.10 Å². The molecule has 1 fully saturated rings. The number of ether oxygens (including phenoxy) is 2. The number of benzene rings is 1. The molecule has 0 bridgehead atoms. The number of esters is 2. The van der Waals surface area contributed by atoms with Crippen LogP contribution in [0.2, 0.25) is 0 Å². The minimum absolute atomic E-state index is 0.219. The predicted octanol–water partition coefficient (Wildman–Crippen LogP) is 2.42. The van der Waals surface area contributed by atoms with Crippen LogP contribution in [0.3, 0.4) is 0 Å². The Bertz CT molecular complexity index is 944. The molecule has 1 aromatic carbocycles. The van der Waals surface area contributed by atoms with Crippen molar-refractivity contribution in [3.8, 4) is 5.69 Å². The van der Waals surface area contributed by atoms with Crippen molar-refractivity contribution in [2.75, 3.05) is 7.11 Å². The number of hydrogen-bond acceptors (Lipinski definition) is 6. The summed E-state index contributed by atoms with van der Waals surface area (Å²) >= 11 is 0. The highest BCUT2D eigenvalue weighted by atomic mass is 16.5. The smallest absolute Gasteiger partial charge is 0.338 e. The summed E-state index contributed by atoms with van der Waals surface area (Å²) in [5, 5.41) is 7.38. The maximum Gasteiger partial charge on any atom is 0.338 e. The molecule has 1 aromatic heterocycles. The van der Waals surface area contributed by atoms with Gasteiger partial charge in [0.2, 0.25) is 0 Å². The highest BCUT2D eigenvalue weighted by Gasteiger charge is 2.27. The molecule has 3 rings (SSSR count). The van der Waals surface area contributed by atoms with Gasteiger partial charge in [-0.25, -0.2) is 9.48 Å². The SMILES string of the molecule is COC(=O)CCc1c(C)nn(-c2ccc(C(=O)O[C@@H](C)C(=O)NC3CC3)cc2)c1C. The van der Waals surface area contributed by atoms with Crippen LogP contribution < -0.4 is 5.32 Å². The molecule has 160 valence electrons. The molecule has 0 unspecified atom stereocenters. The van der Waals surface area contributed by atoms with E-state index in [2.05, 4.69) is 10.4 Å². The number of carbonyl (C=O) groups excluding carboxylic acids is 3. The molecule has 1 aliphatic rings. The number of aryl methyl sites for hydroxylation is 1. The number of aromatic nitrogens is 2. The van der Waals surface area contributed by atoms with Gasteiger partial charge in [-0.2, -0.15) is 5.10 Å². The first-order valence-corrected chi connectivity index (χ1v) is 10.0. The van der Waals surface area contributed by atoms with Crippen LogP contribution in [0, 0.1) is 13.8 Å². The lowest BCUT2D eigenvalue weighted by Gasteiger charge is -2.13. The Kier molecular flexibility index (Phi) is 6.54. The third-order valence-electron chi connectivity index (χ3n) is 5.17. The van der Waals surface area contributed by atoms with Gasteiger partial charge in [0.1, 0.15) is 0 Å². The monoisotopic (exact) mass is 413 g/mol. The molecular formula is C22H27N3O5. The van der Waals surface area contributed by atoms with E-state index in [1.807, 2.05) is 13.8 Å². The second-order valence-corrected chi connectivity index (χ2v) is 7.51. The van der Waals surface area contributed by atoms with Gasteiger partial charge in [0, 0.05) is 18.2 Å². The average molecular weight is 413 g/mol. The molecule has 1 aliphatic carbocycles. The highest BCUT2D eigenvalue weighted by Crippen LogP contribution is 2.21. The van der Waals surface area contributed by atoms with E-state index in [9.17, 15) is 14.4 Å². The van der Waals surface area contributed by atoms with Crippen molar-refractivity contribution in [3.05, 3.63) is 46.8 Å². The zero-order valence-corrected chi connectivity index (χ0v) is 17.7. The molecule has 30 heavy (non-hydrogen) atoms. The van der Waals surface area contributed by atoms with Gasteiger partial charge in [0.05, 0.1) is 24.1 Å². The fraction of sp³-hybridized carbons (Fsp3) is 0.455. The first kappa shape index (κ1) is 21.5. The van der Waals surface area contributed by atoms with Crippen LogP contribution in [-0.2, 0) is 25.5 Å². The minimum Gasteiger partial charge on any atom is -0.469 e. The predicted molar refractivity (Wildman–Crippen MR) is 109 cm³/mol. The van der Waals surface area contributed by atoms with Gasteiger partial charge >= 0.3 is 11.9 Å². The Hall–Kier alpha value is -3.16. The van der Waals surface area contributed by atoms with Crippen LogP contribution >= 0.6 is 0 Å². The fourth-order valence-electron chi connectivity index (χ4n) is 3.18. The Labute approximate surface area is 175 Å². The minimum atomic E-state index is -0.842. The van der Waals surface area contributed by atoms with Crippen molar-refractivity contribution in [2.45, 2.75) is 58.6 Å². The second kappa shape index (κ2) is 9.11. The Morgan fingerprint density at radius 3 is 2.47 bits per heavy atom. The van der Waals surface area contributed by atoms with Crippen molar-refractivity contribution in [3.63, 3.8) is 0 Å². The summed E-state index contributed by atoms with van der Waals surface area (Å²) in [4.78, 5) is 35.7. The van der Waals surface area contributed by atoms with Crippen molar-refractivity contribution in [1.29, 1.82) is 0 Å². The first-order chi connectivity index (χ1) is 14.3. The molecule has 1 saturated carbocycles. The zero-order chi connectivity index (χ0) is 21.8. The summed E-state index contributed by atoms with van der Waals surface area (Å²) in [6, 6.07) is 7.06. The number of methoxy groups -OCH3 is 1. The van der Waals surface area contributed by atoms with Gasteiger partial charge in [-0.05, 0) is 69.9 Å². The molecule has 0 radical (unpaired) electrons. The maximum atomic E-state index is 12.3. The topological polar surface area (TPSA) is 99.5 Å². The summed E-state index contributed by atoms with van der Waals surface area (Å²) in [6.45, 7) is 5.40. The maximum absolute atomic E-state index is 12.3. The van der Waals surface area contributed by atoms with Crippen LogP contribution in [0.4, 0.5) is 0 Å². The summed E-state index contributed by atoms with van der Waals surface area (Å²) in [5.41, 5.74) is 3.92. The van der Waals surface area contributed by atoms with Gasteiger partial charge in [-0.3, -0.25) is 9.59 Å². The number of amides is 1. The van der Waals surface area contributed by atoms with Gasteiger partial charge in [0.25, 0.3) is 5.91 Å². The number of carbonyl (C=O) groups is 3. The molecule has 2 aromatic rings. The second-order valence-electron chi connectivity index (χ2n) is 7.51. The Balaban J connectivity index is 1.67. The fourth-order valence-corrected chi connectivity index (χ4v) is 3.18. The molecule has 1 amide bonds. The van der Waals surface area contributed by atoms with Gasteiger partial charge < -0.3 is 14.8 Å². The zero-order valence-electron chi connectivity index (χ0n) is 17.7.